The molecular weight excluding hydrogens is 254 g/mol. The first-order chi connectivity index (χ1) is 8.44. The van der Waals surface area contributed by atoms with Crippen LogP contribution in [-0.4, -0.2) is 45.6 Å². The van der Waals surface area contributed by atoms with Crippen LogP contribution in [-0.2, 0) is 19.4 Å². The van der Waals surface area contributed by atoms with Gasteiger partial charge in [0.2, 0.25) is 5.91 Å². The highest BCUT2D eigenvalue weighted by Crippen LogP contribution is 2.23. The highest BCUT2D eigenvalue weighted by molar-refractivity contribution is 7.92. The number of nitrogens with one attached hydrogen (secondary N) is 1. The van der Waals surface area contributed by atoms with Crippen LogP contribution in [0, 0.1) is 5.92 Å². The number of hydrogen-bond donors (Lipinski definition) is 1. The van der Waals surface area contributed by atoms with Crippen LogP contribution in [0.5, 0.6) is 0 Å². The van der Waals surface area contributed by atoms with Crippen molar-refractivity contribution in [1.29, 1.82) is 0 Å². The van der Waals surface area contributed by atoms with Crippen LogP contribution >= 0.6 is 0 Å². The Hall–Kier alpha value is -0.620. The average molecular weight is 277 g/mol. The molecule has 1 fully saturated rings. The molecular formula is C12H23NO4S. The maximum absolute atomic E-state index is 11.7. The highest BCUT2D eigenvalue weighted by atomic mass is 32.2. The smallest absolute Gasteiger partial charge is 0.235 e. The SMILES string of the molecule is COCCS(=O)(=O)CC(=O)NC1CCCCC1C. The lowest BCUT2D eigenvalue weighted by atomic mass is 9.86. The second kappa shape index (κ2) is 7.09. The molecule has 0 saturated heterocycles. The van der Waals surface area contributed by atoms with Gasteiger partial charge in [-0.1, -0.05) is 19.8 Å². The first-order valence-electron chi connectivity index (χ1n) is 6.43. The summed E-state index contributed by atoms with van der Waals surface area (Å²) in [6.07, 6.45) is 4.35. The van der Waals surface area contributed by atoms with Crippen LogP contribution < -0.4 is 5.32 Å². The molecule has 0 aromatic rings. The van der Waals surface area contributed by atoms with E-state index < -0.39 is 15.6 Å². The van der Waals surface area contributed by atoms with Gasteiger partial charge in [-0.25, -0.2) is 8.42 Å². The van der Waals surface area contributed by atoms with Gasteiger partial charge in [0.1, 0.15) is 5.75 Å². The summed E-state index contributed by atoms with van der Waals surface area (Å²) in [4.78, 5) is 11.7. The number of ether oxygens (including phenoxy) is 1. The van der Waals surface area contributed by atoms with Gasteiger partial charge in [-0.3, -0.25) is 4.79 Å². The second-order valence-electron chi connectivity index (χ2n) is 5.02. The Morgan fingerprint density at radius 3 is 2.61 bits per heavy atom. The fourth-order valence-electron chi connectivity index (χ4n) is 2.26. The van der Waals surface area contributed by atoms with E-state index in [9.17, 15) is 13.2 Å². The summed E-state index contributed by atoms with van der Waals surface area (Å²) in [5.41, 5.74) is 0. The van der Waals surface area contributed by atoms with E-state index in [0.29, 0.717) is 5.92 Å². The van der Waals surface area contributed by atoms with Crippen molar-refractivity contribution in [2.75, 3.05) is 25.2 Å². The van der Waals surface area contributed by atoms with E-state index in [0.717, 1.165) is 19.3 Å². The van der Waals surface area contributed by atoms with E-state index in [2.05, 4.69) is 12.2 Å². The summed E-state index contributed by atoms with van der Waals surface area (Å²) in [6, 6.07) is 0.129. The Kier molecular flexibility index (Phi) is 6.08. The third kappa shape index (κ3) is 5.35. The number of sulfone groups is 1. The zero-order valence-corrected chi connectivity index (χ0v) is 12.0. The topological polar surface area (TPSA) is 72.5 Å². The first-order valence-corrected chi connectivity index (χ1v) is 8.25. The number of hydrogen-bond acceptors (Lipinski definition) is 4. The van der Waals surface area contributed by atoms with Crippen LogP contribution in [0.2, 0.25) is 0 Å². The molecule has 0 aliphatic heterocycles. The summed E-state index contributed by atoms with van der Waals surface area (Å²) in [5.74, 6) is -0.481. The van der Waals surface area contributed by atoms with Gasteiger partial charge in [0, 0.05) is 13.2 Å². The number of carbonyl (C=O) groups excluding carboxylic acids is 1. The summed E-state index contributed by atoms with van der Waals surface area (Å²) in [6.45, 7) is 2.24. The summed E-state index contributed by atoms with van der Waals surface area (Å²) in [5, 5.41) is 2.84. The number of amides is 1. The minimum atomic E-state index is -3.35. The molecule has 1 amide bonds. The lowest BCUT2D eigenvalue weighted by Gasteiger charge is -2.29. The summed E-state index contributed by atoms with van der Waals surface area (Å²) < 4.78 is 27.9. The van der Waals surface area contributed by atoms with Crippen molar-refractivity contribution in [3.63, 3.8) is 0 Å². The first kappa shape index (κ1) is 15.4. The molecule has 2 unspecified atom stereocenters. The van der Waals surface area contributed by atoms with E-state index in [1.54, 1.807) is 0 Å². The van der Waals surface area contributed by atoms with Crippen molar-refractivity contribution in [2.24, 2.45) is 5.92 Å². The Morgan fingerprint density at radius 1 is 1.33 bits per heavy atom. The minimum Gasteiger partial charge on any atom is -0.384 e. The molecule has 0 spiro atoms. The highest BCUT2D eigenvalue weighted by Gasteiger charge is 2.24. The molecule has 106 valence electrons. The van der Waals surface area contributed by atoms with E-state index in [1.165, 1.54) is 13.5 Å². The van der Waals surface area contributed by atoms with Gasteiger partial charge in [0.05, 0.1) is 12.4 Å². The number of carbonyl (C=O) groups is 1. The van der Waals surface area contributed by atoms with Crippen molar-refractivity contribution >= 4 is 15.7 Å². The van der Waals surface area contributed by atoms with Gasteiger partial charge < -0.3 is 10.1 Å². The molecule has 18 heavy (non-hydrogen) atoms. The van der Waals surface area contributed by atoms with E-state index >= 15 is 0 Å². The van der Waals surface area contributed by atoms with Crippen LogP contribution in [0.15, 0.2) is 0 Å². The molecule has 5 nitrogen and oxygen atoms in total. The molecule has 1 N–H and O–H groups in total. The fraction of sp³-hybridized carbons (Fsp3) is 0.917. The second-order valence-corrected chi connectivity index (χ2v) is 7.20. The third-order valence-electron chi connectivity index (χ3n) is 3.41. The minimum absolute atomic E-state index is 0.100. The largest absolute Gasteiger partial charge is 0.384 e. The molecule has 1 rings (SSSR count). The zero-order chi connectivity index (χ0) is 13.6. The Bertz CT molecular complexity index is 366. The quantitative estimate of drug-likeness (QED) is 0.777. The van der Waals surface area contributed by atoms with Crippen LogP contribution in [0.4, 0.5) is 0 Å². The lowest BCUT2D eigenvalue weighted by molar-refractivity contribution is -0.119. The molecule has 0 aromatic heterocycles. The van der Waals surface area contributed by atoms with Gasteiger partial charge in [-0.05, 0) is 18.8 Å². The monoisotopic (exact) mass is 277 g/mol. The molecule has 6 heteroatoms. The molecule has 2 atom stereocenters. The third-order valence-corrected chi connectivity index (χ3v) is 4.90. The summed E-state index contributed by atoms with van der Waals surface area (Å²) in [7, 11) is -1.90. The Morgan fingerprint density at radius 2 is 2.00 bits per heavy atom. The zero-order valence-electron chi connectivity index (χ0n) is 11.1. The summed E-state index contributed by atoms with van der Waals surface area (Å²) >= 11 is 0. The molecule has 0 aromatic carbocycles. The normalized spacial score (nSPS) is 24.8. The van der Waals surface area contributed by atoms with Crippen molar-refractivity contribution in [3.8, 4) is 0 Å². The predicted molar refractivity (Wildman–Crippen MR) is 70.1 cm³/mol. The fourth-order valence-corrected chi connectivity index (χ4v) is 3.31. The Balaban J connectivity index is 2.41. The van der Waals surface area contributed by atoms with E-state index in [4.69, 9.17) is 4.74 Å². The van der Waals surface area contributed by atoms with Gasteiger partial charge >= 0.3 is 0 Å². The van der Waals surface area contributed by atoms with Crippen LogP contribution in [0.25, 0.3) is 0 Å². The molecule has 0 heterocycles. The van der Waals surface area contributed by atoms with Gasteiger partial charge in [-0.2, -0.15) is 0 Å². The molecule has 0 bridgehead atoms. The molecule has 0 radical (unpaired) electrons. The number of methoxy groups -OCH3 is 1. The van der Waals surface area contributed by atoms with Gasteiger partial charge in [0.25, 0.3) is 0 Å². The van der Waals surface area contributed by atoms with Gasteiger partial charge in [0.15, 0.2) is 9.84 Å². The average Bonchev–Trinajstić information content (AvgIpc) is 2.29. The van der Waals surface area contributed by atoms with Gasteiger partial charge in [-0.15, -0.1) is 0 Å². The van der Waals surface area contributed by atoms with Crippen molar-refractivity contribution in [3.05, 3.63) is 0 Å². The molecule has 1 aliphatic carbocycles. The van der Waals surface area contributed by atoms with Crippen LogP contribution in [0.3, 0.4) is 0 Å². The van der Waals surface area contributed by atoms with Crippen molar-refractivity contribution < 1.29 is 17.9 Å². The van der Waals surface area contributed by atoms with Crippen molar-refractivity contribution in [2.45, 2.75) is 38.6 Å². The maximum atomic E-state index is 11.7. The molecule has 1 aliphatic rings. The Labute approximate surface area is 109 Å². The predicted octanol–water partition coefficient (Wildman–Crippen LogP) is 0.742. The van der Waals surface area contributed by atoms with E-state index in [-0.39, 0.29) is 24.3 Å². The standard InChI is InChI=1S/C12H23NO4S/c1-10-5-3-4-6-11(10)13-12(14)9-18(15,16)8-7-17-2/h10-11H,3-9H2,1-2H3,(H,13,14). The lowest BCUT2D eigenvalue weighted by Crippen LogP contribution is -2.43. The van der Waals surface area contributed by atoms with E-state index in [1.807, 2.05) is 0 Å². The van der Waals surface area contributed by atoms with Crippen molar-refractivity contribution in [1.82, 2.24) is 5.32 Å². The van der Waals surface area contributed by atoms with Crippen LogP contribution in [0.1, 0.15) is 32.6 Å². The molecule has 1 saturated carbocycles. The maximum Gasteiger partial charge on any atom is 0.235 e. The number of rotatable bonds is 6.